The first-order valence-electron chi connectivity index (χ1n) is 5.54. The summed E-state index contributed by atoms with van der Waals surface area (Å²) in [6, 6.07) is -0.0856. The Morgan fingerprint density at radius 1 is 1.50 bits per heavy atom. The van der Waals surface area contributed by atoms with Crippen molar-refractivity contribution < 1.29 is 19.1 Å². The van der Waals surface area contributed by atoms with Crippen LogP contribution in [-0.4, -0.2) is 35.7 Å². The molecule has 0 unspecified atom stereocenters. The van der Waals surface area contributed by atoms with E-state index in [1.165, 1.54) is 0 Å². The average Bonchev–Trinajstić information content (AvgIpc) is 2.86. The molecule has 1 N–H and O–H groups in total. The van der Waals surface area contributed by atoms with Crippen LogP contribution in [0.25, 0.3) is 0 Å². The summed E-state index contributed by atoms with van der Waals surface area (Å²) in [6.45, 7) is 5.44. The second-order valence-electron chi connectivity index (χ2n) is 5.28. The molecule has 0 aromatic carbocycles. The Bertz CT molecular complexity index is 320. The fourth-order valence-corrected chi connectivity index (χ4v) is 1.91. The summed E-state index contributed by atoms with van der Waals surface area (Å²) in [7, 11) is 0. The zero-order chi connectivity index (χ0) is 11.9. The first-order chi connectivity index (χ1) is 7.37. The monoisotopic (exact) mass is 227 g/mol. The molecule has 0 spiro atoms. The number of carbonyl (C=O) groups excluding carboxylic acids is 2. The molecule has 16 heavy (non-hydrogen) atoms. The van der Waals surface area contributed by atoms with Crippen molar-refractivity contribution >= 4 is 11.9 Å². The summed E-state index contributed by atoms with van der Waals surface area (Å²) in [4.78, 5) is 22.7. The first-order valence-corrected chi connectivity index (χ1v) is 5.54. The van der Waals surface area contributed by atoms with Crippen LogP contribution in [0.5, 0.6) is 0 Å². The molecule has 1 saturated heterocycles. The predicted octanol–water partition coefficient (Wildman–Crippen LogP) is 1.01. The molecule has 1 heterocycles. The lowest BCUT2D eigenvalue weighted by molar-refractivity contribution is -0.120. The summed E-state index contributed by atoms with van der Waals surface area (Å²) in [5, 5.41) is 2.75. The Hall–Kier alpha value is -1.10. The van der Waals surface area contributed by atoms with Gasteiger partial charge in [0.1, 0.15) is 17.8 Å². The third-order valence-corrected chi connectivity index (χ3v) is 2.64. The molecule has 2 aliphatic rings. The van der Waals surface area contributed by atoms with Crippen LogP contribution in [0, 0.1) is 0 Å². The maximum atomic E-state index is 11.5. The molecule has 5 nitrogen and oxygen atoms in total. The van der Waals surface area contributed by atoms with E-state index >= 15 is 0 Å². The van der Waals surface area contributed by atoms with E-state index in [1.807, 2.05) is 20.8 Å². The number of nitrogens with one attached hydrogen (secondary N) is 1. The number of ether oxygens (including phenoxy) is 2. The van der Waals surface area contributed by atoms with Gasteiger partial charge in [-0.25, -0.2) is 4.79 Å². The zero-order valence-electron chi connectivity index (χ0n) is 9.78. The SMILES string of the molecule is CC(C)(C)OC(=O)N[C@H]1CCC(=O)[C@@H]2O[C@@H]12. The molecule has 0 radical (unpaired) electrons. The van der Waals surface area contributed by atoms with Crippen molar-refractivity contribution in [3.8, 4) is 0 Å². The molecule has 0 aromatic rings. The van der Waals surface area contributed by atoms with Gasteiger partial charge < -0.3 is 14.8 Å². The van der Waals surface area contributed by atoms with E-state index in [0.29, 0.717) is 12.8 Å². The molecule has 2 fully saturated rings. The number of amides is 1. The molecular weight excluding hydrogens is 210 g/mol. The van der Waals surface area contributed by atoms with Gasteiger partial charge in [0.25, 0.3) is 0 Å². The van der Waals surface area contributed by atoms with Crippen molar-refractivity contribution in [3.05, 3.63) is 0 Å². The smallest absolute Gasteiger partial charge is 0.407 e. The van der Waals surface area contributed by atoms with Crippen molar-refractivity contribution in [3.63, 3.8) is 0 Å². The maximum Gasteiger partial charge on any atom is 0.407 e. The van der Waals surface area contributed by atoms with Crippen LogP contribution >= 0.6 is 0 Å². The highest BCUT2D eigenvalue weighted by Crippen LogP contribution is 2.34. The highest BCUT2D eigenvalue weighted by atomic mass is 16.6. The molecule has 1 aliphatic heterocycles. The van der Waals surface area contributed by atoms with E-state index < -0.39 is 11.7 Å². The average molecular weight is 227 g/mol. The molecule has 2 rings (SSSR count). The molecule has 90 valence electrons. The normalized spacial score (nSPS) is 32.9. The number of alkyl carbamates (subject to hydrolysis) is 1. The highest BCUT2D eigenvalue weighted by molar-refractivity contribution is 5.87. The van der Waals surface area contributed by atoms with Gasteiger partial charge in [-0.15, -0.1) is 0 Å². The minimum atomic E-state index is -0.502. The molecular formula is C11H17NO4. The van der Waals surface area contributed by atoms with Gasteiger partial charge in [-0.1, -0.05) is 0 Å². The lowest BCUT2D eigenvalue weighted by atomic mass is 9.94. The van der Waals surface area contributed by atoms with Gasteiger partial charge in [0.15, 0.2) is 5.78 Å². The van der Waals surface area contributed by atoms with Gasteiger partial charge in [-0.05, 0) is 27.2 Å². The number of fused-ring (bicyclic) bond motifs is 1. The van der Waals surface area contributed by atoms with Crippen LogP contribution in [0.4, 0.5) is 4.79 Å². The van der Waals surface area contributed by atoms with Crippen LogP contribution < -0.4 is 5.32 Å². The second-order valence-corrected chi connectivity index (χ2v) is 5.28. The van der Waals surface area contributed by atoms with Crippen molar-refractivity contribution in [2.24, 2.45) is 0 Å². The van der Waals surface area contributed by atoms with Crippen molar-refractivity contribution in [1.29, 1.82) is 0 Å². The minimum absolute atomic E-state index is 0.0856. The fraction of sp³-hybridized carbons (Fsp3) is 0.818. The quantitative estimate of drug-likeness (QED) is 0.679. The van der Waals surface area contributed by atoms with Gasteiger partial charge in [0.2, 0.25) is 0 Å². The molecule has 0 bridgehead atoms. The van der Waals surface area contributed by atoms with Crippen molar-refractivity contribution in [1.82, 2.24) is 5.32 Å². The van der Waals surface area contributed by atoms with Crippen molar-refractivity contribution in [2.45, 2.75) is 57.5 Å². The topological polar surface area (TPSA) is 67.9 Å². The lowest BCUT2D eigenvalue weighted by Gasteiger charge is -2.23. The number of hydrogen-bond donors (Lipinski definition) is 1. The number of Topliss-reactive ketones (excluding diaryl/α,β-unsaturated/α-hetero) is 1. The lowest BCUT2D eigenvalue weighted by Crippen LogP contribution is -2.45. The van der Waals surface area contributed by atoms with Gasteiger partial charge in [-0.2, -0.15) is 0 Å². The molecule has 1 amide bonds. The number of hydrogen-bond acceptors (Lipinski definition) is 4. The molecule has 1 saturated carbocycles. The number of ketones is 1. The number of rotatable bonds is 1. The van der Waals surface area contributed by atoms with Crippen LogP contribution in [-0.2, 0) is 14.3 Å². The van der Waals surface area contributed by atoms with Crippen LogP contribution in [0.3, 0.4) is 0 Å². The number of carbonyl (C=O) groups is 2. The van der Waals surface area contributed by atoms with Gasteiger partial charge in [-0.3, -0.25) is 4.79 Å². The summed E-state index contributed by atoms with van der Waals surface area (Å²) in [5.41, 5.74) is -0.502. The Morgan fingerprint density at radius 2 is 2.19 bits per heavy atom. The Balaban J connectivity index is 1.83. The standard InChI is InChI=1S/C11H17NO4/c1-11(2,3)16-10(14)12-6-4-5-7(13)9-8(6)15-9/h6,8-9H,4-5H2,1-3H3,(H,12,14)/t6-,8-,9-/m0/s1. The van der Waals surface area contributed by atoms with E-state index in [9.17, 15) is 9.59 Å². The minimum Gasteiger partial charge on any atom is -0.444 e. The van der Waals surface area contributed by atoms with Crippen LogP contribution in [0.15, 0.2) is 0 Å². The predicted molar refractivity (Wildman–Crippen MR) is 56.1 cm³/mol. The van der Waals surface area contributed by atoms with Gasteiger partial charge in [0, 0.05) is 6.42 Å². The van der Waals surface area contributed by atoms with E-state index in [-0.39, 0.29) is 24.0 Å². The molecule has 5 heteroatoms. The summed E-state index contributed by atoms with van der Waals surface area (Å²) >= 11 is 0. The second kappa shape index (κ2) is 3.73. The maximum absolute atomic E-state index is 11.5. The fourth-order valence-electron chi connectivity index (χ4n) is 1.91. The van der Waals surface area contributed by atoms with E-state index in [1.54, 1.807) is 0 Å². The van der Waals surface area contributed by atoms with Gasteiger partial charge >= 0.3 is 6.09 Å². The van der Waals surface area contributed by atoms with Crippen LogP contribution in [0.2, 0.25) is 0 Å². The third-order valence-electron chi connectivity index (χ3n) is 2.64. The van der Waals surface area contributed by atoms with Crippen molar-refractivity contribution in [2.75, 3.05) is 0 Å². The molecule has 0 aromatic heterocycles. The molecule has 1 aliphatic carbocycles. The summed E-state index contributed by atoms with van der Waals surface area (Å²) in [6.07, 6.45) is 0.254. The largest absolute Gasteiger partial charge is 0.444 e. The highest BCUT2D eigenvalue weighted by Gasteiger charge is 2.53. The zero-order valence-corrected chi connectivity index (χ0v) is 9.78. The van der Waals surface area contributed by atoms with E-state index in [2.05, 4.69) is 5.32 Å². The van der Waals surface area contributed by atoms with Gasteiger partial charge in [0.05, 0.1) is 6.04 Å². The summed E-state index contributed by atoms with van der Waals surface area (Å²) in [5.74, 6) is 0.146. The van der Waals surface area contributed by atoms with E-state index in [4.69, 9.17) is 9.47 Å². The third kappa shape index (κ3) is 2.52. The Kier molecular flexibility index (Phi) is 2.66. The Morgan fingerprint density at radius 3 is 2.81 bits per heavy atom. The van der Waals surface area contributed by atoms with E-state index in [0.717, 1.165) is 0 Å². The summed E-state index contributed by atoms with van der Waals surface area (Å²) < 4.78 is 10.4. The number of epoxide rings is 1. The Labute approximate surface area is 94.5 Å². The molecule has 3 atom stereocenters. The van der Waals surface area contributed by atoms with Crippen LogP contribution in [0.1, 0.15) is 33.6 Å². The first kappa shape index (κ1) is 11.4.